The van der Waals surface area contributed by atoms with Crippen molar-refractivity contribution in [2.75, 3.05) is 11.1 Å². The highest BCUT2D eigenvalue weighted by molar-refractivity contribution is 5.92. The number of nitrogens with one attached hydrogen (secondary N) is 1. The molecule has 158 valence electrons. The van der Waals surface area contributed by atoms with Crippen LogP contribution in [-0.4, -0.2) is 25.4 Å². The number of pyridine rings is 1. The van der Waals surface area contributed by atoms with E-state index in [1.54, 1.807) is 6.20 Å². The summed E-state index contributed by atoms with van der Waals surface area (Å²) in [4.78, 5) is 25.4. The van der Waals surface area contributed by atoms with Crippen LogP contribution in [0.15, 0.2) is 55.0 Å². The van der Waals surface area contributed by atoms with Crippen molar-refractivity contribution in [3.8, 4) is 5.69 Å². The van der Waals surface area contributed by atoms with Crippen LogP contribution in [-0.2, 0) is 24.1 Å². The van der Waals surface area contributed by atoms with Crippen molar-refractivity contribution < 1.29 is 4.79 Å². The monoisotopic (exact) mass is 414 g/mol. The zero-order valence-corrected chi connectivity index (χ0v) is 17.8. The van der Waals surface area contributed by atoms with Crippen molar-refractivity contribution in [2.24, 2.45) is 0 Å². The number of hydrogen-bond acceptors (Lipinski definition) is 5. The summed E-state index contributed by atoms with van der Waals surface area (Å²) < 4.78 is 2.11. The van der Waals surface area contributed by atoms with Crippen molar-refractivity contribution in [1.82, 2.24) is 19.5 Å². The van der Waals surface area contributed by atoms with E-state index in [1.807, 2.05) is 56.3 Å². The van der Waals surface area contributed by atoms with E-state index < -0.39 is 0 Å². The molecule has 0 aliphatic heterocycles. The van der Waals surface area contributed by atoms with Crippen LogP contribution in [0.3, 0.4) is 0 Å². The Bertz CT molecular complexity index is 1200. The number of anilines is 2. The Morgan fingerprint density at radius 1 is 1.06 bits per heavy atom. The maximum Gasteiger partial charge on any atom is 0.229 e. The van der Waals surface area contributed by atoms with E-state index in [9.17, 15) is 4.79 Å². The number of carbonyl (C=O) groups excluding carboxylic acids is 1. The molecule has 31 heavy (non-hydrogen) atoms. The molecule has 0 radical (unpaired) electrons. The smallest absolute Gasteiger partial charge is 0.229 e. The van der Waals surface area contributed by atoms with Gasteiger partial charge < -0.3 is 15.6 Å². The van der Waals surface area contributed by atoms with Crippen molar-refractivity contribution in [1.29, 1.82) is 0 Å². The van der Waals surface area contributed by atoms with Gasteiger partial charge in [0.25, 0.3) is 0 Å². The zero-order valence-electron chi connectivity index (χ0n) is 17.8. The number of rotatable bonds is 4. The van der Waals surface area contributed by atoms with Gasteiger partial charge in [-0.1, -0.05) is 44.2 Å². The van der Waals surface area contributed by atoms with Crippen molar-refractivity contribution in [2.45, 2.75) is 39.5 Å². The molecule has 0 saturated carbocycles. The molecule has 3 aromatic heterocycles. The van der Waals surface area contributed by atoms with E-state index in [0.29, 0.717) is 18.1 Å². The molecule has 3 heterocycles. The number of nitrogens with two attached hydrogens (primary N) is 1. The number of nitrogens with zero attached hydrogens (tertiary/aromatic N) is 4. The first-order valence-corrected chi connectivity index (χ1v) is 10.6. The van der Waals surface area contributed by atoms with Gasteiger partial charge in [0.1, 0.15) is 17.7 Å². The fourth-order valence-corrected chi connectivity index (χ4v) is 4.04. The number of aromatic nitrogens is 4. The van der Waals surface area contributed by atoms with Crippen molar-refractivity contribution >= 4 is 28.6 Å². The quantitative estimate of drug-likeness (QED) is 0.524. The molecule has 0 bridgehead atoms. The minimum Gasteiger partial charge on any atom is -0.382 e. The fraction of sp³-hybridized carbons (Fsp3) is 0.250. The molecule has 0 saturated heterocycles. The van der Waals surface area contributed by atoms with E-state index >= 15 is 0 Å². The summed E-state index contributed by atoms with van der Waals surface area (Å²) in [5.41, 5.74) is 12.2. The van der Waals surface area contributed by atoms with Crippen LogP contribution in [0.1, 0.15) is 37.1 Å². The van der Waals surface area contributed by atoms with Crippen LogP contribution in [0.4, 0.5) is 11.6 Å². The molecule has 7 nitrogen and oxygen atoms in total. The Kier molecular flexibility index (Phi) is 5.93. The highest BCUT2D eigenvalue weighted by Crippen LogP contribution is 2.35. The highest BCUT2D eigenvalue weighted by atomic mass is 16.1. The molecule has 5 rings (SSSR count). The molecule has 1 aromatic carbocycles. The topological polar surface area (TPSA) is 98.7 Å². The van der Waals surface area contributed by atoms with Crippen LogP contribution in [0, 0.1) is 0 Å². The van der Waals surface area contributed by atoms with Gasteiger partial charge in [0.05, 0.1) is 23.8 Å². The third kappa shape index (κ3) is 3.99. The normalized spacial score (nSPS) is 12.2. The van der Waals surface area contributed by atoms with Crippen molar-refractivity contribution in [3.63, 3.8) is 0 Å². The maximum absolute atomic E-state index is 12.3. The number of nitrogen functional groups attached to an aromatic ring is 1. The summed E-state index contributed by atoms with van der Waals surface area (Å²) >= 11 is 0. The Morgan fingerprint density at radius 2 is 1.87 bits per heavy atom. The average molecular weight is 415 g/mol. The zero-order chi connectivity index (χ0) is 21.8. The Morgan fingerprint density at radius 3 is 2.61 bits per heavy atom. The summed E-state index contributed by atoms with van der Waals surface area (Å²) in [7, 11) is 0. The molecular weight excluding hydrogens is 388 g/mol. The molecule has 7 heteroatoms. The van der Waals surface area contributed by atoms with Gasteiger partial charge in [-0.15, -0.1) is 0 Å². The van der Waals surface area contributed by atoms with Gasteiger partial charge in [0.2, 0.25) is 5.91 Å². The first-order valence-electron chi connectivity index (χ1n) is 10.6. The summed E-state index contributed by atoms with van der Waals surface area (Å²) in [5.74, 6) is 0.887. The summed E-state index contributed by atoms with van der Waals surface area (Å²) in [6.45, 7) is 4.00. The predicted molar refractivity (Wildman–Crippen MR) is 123 cm³/mol. The predicted octanol–water partition coefficient (Wildman–Crippen LogP) is 4.09. The third-order valence-corrected chi connectivity index (χ3v) is 5.30. The average Bonchev–Trinajstić information content (AvgIpc) is 3.38. The lowest BCUT2D eigenvalue weighted by atomic mass is 10.1. The second-order valence-electron chi connectivity index (χ2n) is 7.18. The van der Waals surface area contributed by atoms with Gasteiger partial charge in [-0.3, -0.25) is 4.79 Å². The van der Waals surface area contributed by atoms with E-state index in [0.717, 1.165) is 41.5 Å². The van der Waals surface area contributed by atoms with Crippen LogP contribution >= 0.6 is 0 Å². The SMILES string of the molecule is CC.Nc1ncnc2c3c(n(-c4ccc(NC(=O)Cc5ccccc5)nc4)c12)CCC3. The molecule has 3 N–H and O–H groups in total. The van der Waals surface area contributed by atoms with Gasteiger partial charge in [-0.25, -0.2) is 15.0 Å². The fourth-order valence-electron chi connectivity index (χ4n) is 4.04. The number of fused-ring (bicyclic) bond motifs is 3. The first-order chi connectivity index (χ1) is 15.2. The molecule has 0 unspecified atom stereocenters. The largest absolute Gasteiger partial charge is 0.382 e. The summed E-state index contributed by atoms with van der Waals surface area (Å²) in [6.07, 6.45) is 6.66. The molecule has 4 aromatic rings. The van der Waals surface area contributed by atoms with E-state index in [2.05, 4.69) is 24.8 Å². The van der Waals surface area contributed by atoms with Crippen molar-refractivity contribution in [3.05, 3.63) is 71.8 Å². The van der Waals surface area contributed by atoms with Gasteiger partial charge >= 0.3 is 0 Å². The maximum atomic E-state index is 12.3. The summed E-state index contributed by atoms with van der Waals surface area (Å²) in [5, 5.41) is 2.86. The lowest BCUT2D eigenvalue weighted by molar-refractivity contribution is -0.115. The lowest BCUT2D eigenvalue weighted by Crippen LogP contribution is -2.15. The van der Waals surface area contributed by atoms with E-state index in [4.69, 9.17) is 5.73 Å². The minimum atomic E-state index is -0.0959. The molecule has 0 atom stereocenters. The number of aryl methyl sites for hydroxylation is 1. The molecular formula is C24H26N6O. The van der Waals surface area contributed by atoms with Gasteiger partial charge in [0.15, 0.2) is 5.82 Å². The van der Waals surface area contributed by atoms with Crippen LogP contribution in [0.5, 0.6) is 0 Å². The number of carbonyl (C=O) groups is 1. The standard InChI is InChI=1S/C22H20N6O.C2H6/c23-22-21-20(25-13-26-22)16-7-4-8-17(16)28(21)15-9-10-18(24-12-15)27-19(29)11-14-5-2-1-3-6-14;1-2/h1-3,5-6,9-10,12-13H,4,7-8,11H2,(H2,23,25,26)(H,24,27,29);1-2H3. The first kappa shape index (κ1) is 20.5. The molecule has 1 aliphatic rings. The number of hydrogen-bond donors (Lipinski definition) is 2. The number of benzene rings is 1. The minimum absolute atomic E-state index is 0.0959. The molecule has 1 amide bonds. The lowest BCUT2D eigenvalue weighted by Gasteiger charge is -2.11. The van der Waals surface area contributed by atoms with Gasteiger partial charge in [-0.2, -0.15) is 0 Å². The van der Waals surface area contributed by atoms with Gasteiger partial charge in [-0.05, 0) is 42.5 Å². The Hall–Kier alpha value is -3.74. The van der Waals surface area contributed by atoms with Crippen LogP contribution < -0.4 is 11.1 Å². The highest BCUT2D eigenvalue weighted by Gasteiger charge is 2.25. The van der Waals surface area contributed by atoms with Crippen LogP contribution in [0.2, 0.25) is 0 Å². The molecule has 1 aliphatic carbocycles. The van der Waals surface area contributed by atoms with Crippen LogP contribution in [0.25, 0.3) is 16.7 Å². The third-order valence-electron chi connectivity index (χ3n) is 5.30. The number of amides is 1. The second-order valence-corrected chi connectivity index (χ2v) is 7.18. The Labute approximate surface area is 181 Å². The van der Waals surface area contributed by atoms with Gasteiger partial charge in [0, 0.05) is 5.69 Å². The Balaban J connectivity index is 0.00000112. The van der Waals surface area contributed by atoms with E-state index in [1.165, 1.54) is 17.6 Å². The molecule has 0 spiro atoms. The second kappa shape index (κ2) is 8.95. The summed E-state index contributed by atoms with van der Waals surface area (Å²) in [6, 6.07) is 13.4. The van der Waals surface area contributed by atoms with E-state index in [-0.39, 0.29) is 5.91 Å². The molecule has 0 fully saturated rings.